The third-order valence-corrected chi connectivity index (χ3v) is 3.06. The maximum absolute atomic E-state index is 11.7. The molecule has 1 amide bonds. The van der Waals surface area contributed by atoms with E-state index in [4.69, 9.17) is 6.42 Å². The van der Waals surface area contributed by atoms with Gasteiger partial charge in [0.05, 0.1) is 19.1 Å². The number of fused-ring (bicyclic) bond motifs is 1. The summed E-state index contributed by atoms with van der Waals surface area (Å²) in [6.07, 6.45) is 5.83. The van der Waals surface area contributed by atoms with Crippen LogP contribution in [0.25, 0.3) is 0 Å². The van der Waals surface area contributed by atoms with Crippen LogP contribution >= 0.6 is 0 Å². The lowest BCUT2D eigenvalue weighted by Crippen LogP contribution is -2.26. The van der Waals surface area contributed by atoms with E-state index in [1.165, 1.54) is 0 Å². The number of carbonyl (C=O) groups excluding carboxylic acids is 1. The first-order chi connectivity index (χ1) is 8.17. The topological polar surface area (TPSA) is 40.5 Å². The zero-order valence-electron chi connectivity index (χ0n) is 9.81. The molecule has 0 spiro atoms. The van der Waals surface area contributed by atoms with E-state index in [2.05, 4.69) is 5.92 Å². The number of carbonyl (C=O) groups is 1. The first-order valence-corrected chi connectivity index (χ1v) is 5.72. The standard InChI is InChI=1S/C14H15NO2/c1-3-7-15-12-6-5-10(13(16)4-2)8-11(12)9-14(15)17/h1,5-6,8,13,16H,4,7,9H2,2H3. The number of benzene rings is 1. The summed E-state index contributed by atoms with van der Waals surface area (Å²) >= 11 is 0. The second kappa shape index (κ2) is 4.60. The largest absolute Gasteiger partial charge is 0.388 e. The minimum atomic E-state index is -0.461. The van der Waals surface area contributed by atoms with Gasteiger partial charge < -0.3 is 10.0 Å². The molecule has 1 heterocycles. The van der Waals surface area contributed by atoms with E-state index in [-0.39, 0.29) is 5.91 Å². The Morgan fingerprint density at radius 3 is 3.00 bits per heavy atom. The summed E-state index contributed by atoms with van der Waals surface area (Å²) in [6, 6.07) is 5.62. The Hall–Kier alpha value is -1.79. The zero-order chi connectivity index (χ0) is 12.4. The summed E-state index contributed by atoms with van der Waals surface area (Å²) in [5.41, 5.74) is 2.69. The van der Waals surface area contributed by atoms with Gasteiger partial charge in [0.25, 0.3) is 0 Å². The van der Waals surface area contributed by atoms with Crippen LogP contribution in [-0.2, 0) is 11.2 Å². The summed E-state index contributed by atoms with van der Waals surface area (Å²) in [5, 5.41) is 9.76. The lowest BCUT2D eigenvalue weighted by atomic mass is 10.0. The van der Waals surface area contributed by atoms with Gasteiger partial charge in [-0.15, -0.1) is 6.42 Å². The fourth-order valence-electron chi connectivity index (χ4n) is 2.11. The second-order valence-corrected chi connectivity index (χ2v) is 4.17. The average Bonchev–Trinajstić information content (AvgIpc) is 2.64. The number of hydrogen-bond donors (Lipinski definition) is 1. The van der Waals surface area contributed by atoms with Crippen molar-refractivity contribution in [2.75, 3.05) is 11.4 Å². The van der Waals surface area contributed by atoms with Crippen LogP contribution in [0.2, 0.25) is 0 Å². The van der Waals surface area contributed by atoms with Crippen molar-refractivity contribution in [3.05, 3.63) is 29.3 Å². The highest BCUT2D eigenvalue weighted by molar-refractivity contribution is 6.01. The van der Waals surface area contributed by atoms with Crippen LogP contribution in [0.5, 0.6) is 0 Å². The molecule has 1 aliphatic rings. The Balaban J connectivity index is 2.35. The van der Waals surface area contributed by atoms with Gasteiger partial charge in [-0.25, -0.2) is 0 Å². The number of amides is 1. The molecule has 1 N–H and O–H groups in total. The molecule has 0 saturated carbocycles. The van der Waals surface area contributed by atoms with Crippen molar-refractivity contribution < 1.29 is 9.90 Å². The Bertz CT molecular complexity index is 487. The number of rotatable bonds is 3. The third-order valence-electron chi connectivity index (χ3n) is 3.06. The zero-order valence-corrected chi connectivity index (χ0v) is 9.81. The van der Waals surface area contributed by atoms with Crippen LogP contribution in [0.1, 0.15) is 30.6 Å². The number of terminal acetylenes is 1. The first kappa shape index (κ1) is 11.7. The van der Waals surface area contributed by atoms with Gasteiger partial charge >= 0.3 is 0 Å². The first-order valence-electron chi connectivity index (χ1n) is 5.72. The monoisotopic (exact) mass is 229 g/mol. The molecule has 0 aliphatic carbocycles. The van der Waals surface area contributed by atoms with Crippen molar-refractivity contribution in [1.82, 2.24) is 0 Å². The molecule has 0 saturated heterocycles. The van der Waals surface area contributed by atoms with Gasteiger partial charge in [0, 0.05) is 5.69 Å². The highest BCUT2D eigenvalue weighted by atomic mass is 16.3. The summed E-state index contributed by atoms with van der Waals surface area (Å²) in [5.74, 6) is 2.51. The van der Waals surface area contributed by atoms with Crippen molar-refractivity contribution in [2.45, 2.75) is 25.9 Å². The maximum Gasteiger partial charge on any atom is 0.232 e. The van der Waals surface area contributed by atoms with Crippen molar-refractivity contribution in [1.29, 1.82) is 0 Å². The summed E-state index contributed by atoms with van der Waals surface area (Å²) in [4.78, 5) is 13.3. The molecule has 0 radical (unpaired) electrons. The lowest BCUT2D eigenvalue weighted by molar-refractivity contribution is -0.117. The predicted octanol–water partition coefficient (Wildman–Crippen LogP) is 1.65. The third kappa shape index (κ3) is 2.04. The van der Waals surface area contributed by atoms with Crippen LogP contribution in [0.15, 0.2) is 18.2 Å². The Kier molecular flexibility index (Phi) is 3.16. The van der Waals surface area contributed by atoms with E-state index in [0.717, 1.165) is 16.8 Å². The molecule has 0 bridgehead atoms. The molecule has 0 aromatic heterocycles. The van der Waals surface area contributed by atoms with Crippen LogP contribution < -0.4 is 4.90 Å². The minimum absolute atomic E-state index is 0.0288. The molecule has 0 fully saturated rings. The van der Waals surface area contributed by atoms with Crippen LogP contribution in [-0.4, -0.2) is 17.6 Å². The number of nitrogens with zero attached hydrogens (tertiary/aromatic N) is 1. The fraction of sp³-hybridized carbons (Fsp3) is 0.357. The van der Waals surface area contributed by atoms with Gasteiger partial charge in [-0.2, -0.15) is 0 Å². The normalized spacial score (nSPS) is 15.6. The molecular weight excluding hydrogens is 214 g/mol. The molecule has 3 nitrogen and oxygen atoms in total. The predicted molar refractivity (Wildman–Crippen MR) is 66.6 cm³/mol. The number of aliphatic hydroxyl groups excluding tert-OH is 1. The fourth-order valence-corrected chi connectivity index (χ4v) is 2.11. The molecule has 2 rings (SSSR count). The van der Waals surface area contributed by atoms with Gasteiger partial charge in [0.2, 0.25) is 5.91 Å². The van der Waals surface area contributed by atoms with Crippen molar-refractivity contribution in [3.8, 4) is 12.3 Å². The van der Waals surface area contributed by atoms with Gasteiger partial charge in [0.1, 0.15) is 0 Å². The quantitative estimate of drug-likeness (QED) is 0.801. The van der Waals surface area contributed by atoms with Crippen molar-refractivity contribution >= 4 is 11.6 Å². The molecule has 3 heteroatoms. The van der Waals surface area contributed by atoms with Crippen molar-refractivity contribution in [2.24, 2.45) is 0 Å². The number of anilines is 1. The molecule has 17 heavy (non-hydrogen) atoms. The molecule has 1 aromatic rings. The molecular formula is C14H15NO2. The van der Waals surface area contributed by atoms with Gasteiger partial charge in [-0.05, 0) is 23.6 Å². The minimum Gasteiger partial charge on any atom is -0.388 e. The Labute approximate surface area is 101 Å². The summed E-state index contributed by atoms with van der Waals surface area (Å²) < 4.78 is 0. The van der Waals surface area contributed by atoms with Crippen LogP contribution in [0.4, 0.5) is 5.69 Å². The lowest BCUT2D eigenvalue weighted by Gasteiger charge is -2.15. The number of aliphatic hydroxyl groups is 1. The molecule has 1 aromatic carbocycles. The second-order valence-electron chi connectivity index (χ2n) is 4.17. The SMILES string of the molecule is C#CCN1C(=O)Cc2cc(C(O)CC)ccc21. The summed E-state index contributed by atoms with van der Waals surface area (Å²) in [6.45, 7) is 2.23. The van der Waals surface area contributed by atoms with Crippen LogP contribution in [0, 0.1) is 12.3 Å². The number of hydrogen-bond acceptors (Lipinski definition) is 2. The van der Waals surface area contributed by atoms with E-state index >= 15 is 0 Å². The Morgan fingerprint density at radius 2 is 2.35 bits per heavy atom. The molecule has 88 valence electrons. The van der Waals surface area contributed by atoms with Crippen molar-refractivity contribution in [3.63, 3.8) is 0 Å². The van der Waals surface area contributed by atoms with E-state index < -0.39 is 6.10 Å². The van der Waals surface area contributed by atoms with E-state index in [1.54, 1.807) is 4.90 Å². The summed E-state index contributed by atoms with van der Waals surface area (Å²) in [7, 11) is 0. The molecule has 1 aliphatic heterocycles. The Morgan fingerprint density at radius 1 is 1.59 bits per heavy atom. The molecule has 1 atom stereocenters. The molecule has 1 unspecified atom stereocenters. The highest BCUT2D eigenvalue weighted by Crippen LogP contribution is 2.31. The van der Waals surface area contributed by atoms with Gasteiger partial charge in [0.15, 0.2) is 0 Å². The van der Waals surface area contributed by atoms with Gasteiger partial charge in [-0.3, -0.25) is 4.79 Å². The van der Waals surface area contributed by atoms with Gasteiger partial charge in [-0.1, -0.05) is 25.0 Å². The highest BCUT2D eigenvalue weighted by Gasteiger charge is 2.26. The average molecular weight is 229 g/mol. The maximum atomic E-state index is 11.7. The van der Waals surface area contributed by atoms with Crippen LogP contribution in [0.3, 0.4) is 0 Å². The smallest absolute Gasteiger partial charge is 0.232 e. The van der Waals surface area contributed by atoms with E-state index in [9.17, 15) is 9.90 Å². The van der Waals surface area contributed by atoms with E-state index in [0.29, 0.717) is 19.4 Å². The van der Waals surface area contributed by atoms with E-state index in [1.807, 2.05) is 25.1 Å².